The molecule has 1 aromatic carbocycles. The molecule has 0 unspecified atom stereocenters. The Bertz CT molecular complexity index is 1140. The molecule has 8 heteroatoms. The normalized spacial score (nSPS) is 16.2. The fourth-order valence-electron chi connectivity index (χ4n) is 4.04. The zero-order chi connectivity index (χ0) is 23.5. The highest BCUT2D eigenvalue weighted by atomic mass is 16.5. The van der Waals surface area contributed by atoms with Gasteiger partial charge in [0.1, 0.15) is 5.82 Å². The molecule has 33 heavy (non-hydrogen) atoms. The summed E-state index contributed by atoms with van der Waals surface area (Å²) in [6, 6.07) is 7.60. The molecule has 1 aromatic heterocycles. The summed E-state index contributed by atoms with van der Waals surface area (Å²) in [5, 5.41) is 17.4. The van der Waals surface area contributed by atoms with Crippen LogP contribution in [0.2, 0.25) is 0 Å². The van der Waals surface area contributed by atoms with E-state index in [2.05, 4.69) is 22.5 Å². The molecule has 8 nitrogen and oxygen atoms in total. The van der Waals surface area contributed by atoms with Gasteiger partial charge in [-0.1, -0.05) is 12.6 Å². The molecular weight excluding hydrogens is 418 g/mol. The van der Waals surface area contributed by atoms with Gasteiger partial charge < -0.3 is 26.1 Å². The van der Waals surface area contributed by atoms with Crippen LogP contribution in [0.5, 0.6) is 0 Å². The second kappa shape index (κ2) is 9.62. The van der Waals surface area contributed by atoms with Gasteiger partial charge in [-0.25, -0.2) is 0 Å². The quantitative estimate of drug-likeness (QED) is 0.464. The van der Waals surface area contributed by atoms with Crippen LogP contribution in [-0.2, 0) is 11.8 Å². The summed E-state index contributed by atoms with van der Waals surface area (Å²) in [6.45, 7) is 7.38. The van der Waals surface area contributed by atoms with Crippen molar-refractivity contribution in [2.75, 3.05) is 18.5 Å². The number of carbonyl (C=O) groups excluding carboxylic acids is 1. The highest BCUT2D eigenvalue weighted by Gasteiger charge is 2.24. The summed E-state index contributed by atoms with van der Waals surface area (Å²) in [5.41, 5.74) is 2.88. The summed E-state index contributed by atoms with van der Waals surface area (Å²) in [7, 11) is 1.67. The minimum Gasteiger partial charge on any atom is -0.381 e. The minimum absolute atomic E-state index is 0.128. The Morgan fingerprint density at radius 1 is 1.12 bits per heavy atom. The first-order valence-corrected chi connectivity index (χ1v) is 11.3. The Kier molecular flexibility index (Phi) is 6.65. The van der Waals surface area contributed by atoms with Gasteiger partial charge in [0.15, 0.2) is 0 Å². The van der Waals surface area contributed by atoms with E-state index in [4.69, 9.17) is 10.1 Å². The van der Waals surface area contributed by atoms with Gasteiger partial charge in [0.25, 0.3) is 11.5 Å². The molecule has 4 N–H and O–H groups in total. The largest absolute Gasteiger partial charge is 0.381 e. The maximum absolute atomic E-state index is 13.3. The van der Waals surface area contributed by atoms with Crippen LogP contribution < -0.4 is 21.5 Å². The molecule has 1 saturated carbocycles. The number of aromatic nitrogens is 1. The molecule has 2 heterocycles. The van der Waals surface area contributed by atoms with E-state index in [1.54, 1.807) is 25.2 Å². The van der Waals surface area contributed by atoms with E-state index in [0.717, 1.165) is 31.2 Å². The molecule has 1 aliphatic heterocycles. The van der Waals surface area contributed by atoms with Crippen LogP contribution in [0.1, 0.15) is 47.2 Å². The maximum Gasteiger partial charge on any atom is 0.259 e. The number of aryl methyl sites for hydroxylation is 1. The number of nitrogens with zero attached hydrogens (tertiary/aromatic N) is 1. The predicted molar refractivity (Wildman–Crippen MR) is 130 cm³/mol. The second-order valence-electron chi connectivity index (χ2n) is 8.78. The third kappa shape index (κ3) is 5.17. The van der Waals surface area contributed by atoms with Crippen molar-refractivity contribution < 1.29 is 9.53 Å². The molecule has 1 aliphatic carbocycles. The lowest BCUT2D eigenvalue weighted by Crippen LogP contribution is -2.36. The molecule has 174 valence electrons. The van der Waals surface area contributed by atoms with Crippen LogP contribution in [0.4, 0.5) is 5.82 Å². The molecule has 2 fully saturated rings. The monoisotopic (exact) mass is 449 g/mol. The third-order valence-corrected chi connectivity index (χ3v) is 6.17. The van der Waals surface area contributed by atoms with Crippen molar-refractivity contribution in [3.8, 4) is 11.1 Å². The van der Waals surface area contributed by atoms with E-state index in [1.807, 2.05) is 13.0 Å². The lowest BCUT2D eigenvalue weighted by atomic mass is 9.97. The van der Waals surface area contributed by atoms with Crippen LogP contribution in [0.15, 0.2) is 41.5 Å². The zero-order valence-corrected chi connectivity index (χ0v) is 19.2. The number of benzene rings is 1. The van der Waals surface area contributed by atoms with Crippen molar-refractivity contribution in [1.82, 2.24) is 15.2 Å². The van der Waals surface area contributed by atoms with Crippen molar-refractivity contribution in [3.63, 3.8) is 0 Å². The molecule has 2 aromatic rings. The van der Waals surface area contributed by atoms with Crippen LogP contribution >= 0.6 is 0 Å². The minimum atomic E-state index is -0.218. The predicted octanol–water partition coefficient (Wildman–Crippen LogP) is 2.90. The van der Waals surface area contributed by atoms with Crippen molar-refractivity contribution >= 4 is 17.9 Å². The van der Waals surface area contributed by atoms with Crippen LogP contribution in [-0.4, -0.2) is 42.0 Å². The summed E-state index contributed by atoms with van der Waals surface area (Å²) in [5.74, 6) is 0.933. The van der Waals surface area contributed by atoms with E-state index in [1.165, 1.54) is 10.8 Å². The third-order valence-electron chi connectivity index (χ3n) is 6.17. The van der Waals surface area contributed by atoms with Crippen molar-refractivity contribution in [2.24, 2.45) is 7.05 Å². The van der Waals surface area contributed by atoms with Crippen LogP contribution in [0.3, 0.4) is 0 Å². The van der Waals surface area contributed by atoms with Gasteiger partial charge in [-0.05, 0) is 61.9 Å². The average Bonchev–Trinajstić information content (AvgIpc) is 3.62. The van der Waals surface area contributed by atoms with Gasteiger partial charge in [0, 0.05) is 55.3 Å². The standard InChI is InChI=1S/C25H31N5O3/c1-15-4-5-17(24(31)29-19-6-7-19)12-21(15)22-13-18(14-26)23(30(3)25(22)32)28-16(2)27-20-8-10-33-11-9-20/h4-5,12-14,19-20,26-28H,2,6-11H2,1,3H3,(H,29,31). The number of hydrogen-bond acceptors (Lipinski definition) is 6. The number of carbonyl (C=O) groups is 1. The first-order chi connectivity index (χ1) is 15.9. The second-order valence-corrected chi connectivity index (χ2v) is 8.78. The van der Waals surface area contributed by atoms with Crippen molar-refractivity contribution in [3.05, 3.63) is 63.7 Å². The molecule has 0 bridgehead atoms. The molecule has 0 atom stereocenters. The zero-order valence-electron chi connectivity index (χ0n) is 19.2. The van der Waals surface area contributed by atoms with Gasteiger partial charge >= 0.3 is 0 Å². The Morgan fingerprint density at radius 2 is 1.82 bits per heavy atom. The lowest BCUT2D eigenvalue weighted by Gasteiger charge is -2.26. The van der Waals surface area contributed by atoms with Crippen LogP contribution in [0, 0.1) is 12.3 Å². The SMILES string of the molecule is C=C(Nc1c(C=N)cc(-c2cc(C(=O)NC3CC3)ccc2C)c(=O)n1C)NC1CCOCC1. The van der Waals surface area contributed by atoms with E-state index < -0.39 is 0 Å². The first-order valence-electron chi connectivity index (χ1n) is 11.3. The lowest BCUT2D eigenvalue weighted by molar-refractivity contribution is 0.0805. The van der Waals surface area contributed by atoms with Gasteiger partial charge in [0.2, 0.25) is 0 Å². The van der Waals surface area contributed by atoms with E-state index in [-0.39, 0.29) is 23.6 Å². The van der Waals surface area contributed by atoms with Crippen molar-refractivity contribution in [2.45, 2.75) is 44.7 Å². The fourth-order valence-corrected chi connectivity index (χ4v) is 4.04. The fraction of sp³-hybridized carbons (Fsp3) is 0.400. The number of pyridine rings is 1. The molecule has 0 spiro atoms. The maximum atomic E-state index is 13.3. The molecule has 0 radical (unpaired) electrons. The number of nitrogens with one attached hydrogen (secondary N) is 4. The van der Waals surface area contributed by atoms with Crippen molar-refractivity contribution in [1.29, 1.82) is 5.41 Å². The topological polar surface area (TPSA) is 108 Å². The summed E-state index contributed by atoms with van der Waals surface area (Å²) >= 11 is 0. The van der Waals surface area contributed by atoms with E-state index in [0.29, 0.717) is 47.1 Å². The Morgan fingerprint density at radius 3 is 2.48 bits per heavy atom. The van der Waals surface area contributed by atoms with E-state index in [9.17, 15) is 9.59 Å². The number of amides is 1. The van der Waals surface area contributed by atoms with Gasteiger partial charge in [-0.2, -0.15) is 0 Å². The summed E-state index contributed by atoms with van der Waals surface area (Å²) in [6.07, 6.45) is 5.01. The Hall–Kier alpha value is -3.39. The van der Waals surface area contributed by atoms with Gasteiger partial charge in [0.05, 0.1) is 5.82 Å². The number of hydrogen-bond donors (Lipinski definition) is 4. The van der Waals surface area contributed by atoms with Gasteiger partial charge in [-0.3, -0.25) is 14.2 Å². The first kappa shape index (κ1) is 22.8. The Labute approximate surface area is 193 Å². The molecule has 1 amide bonds. The molecule has 1 saturated heterocycles. The average molecular weight is 450 g/mol. The highest BCUT2D eigenvalue weighted by Crippen LogP contribution is 2.26. The molecule has 2 aliphatic rings. The Balaban J connectivity index is 1.63. The highest BCUT2D eigenvalue weighted by molar-refractivity contribution is 5.96. The summed E-state index contributed by atoms with van der Waals surface area (Å²) in [4.78, 5) is 25.9. The molecular formula is C25H31N5O3. The number of ether oxygens (including phenoxy) is 1. The number of anilines is 1. The van der Waals surface area contributed by atoms with Gasteiger partial charge in [-0.15, -0.1) is 0 Å². The van der Waals surface area contributed by atoms with Crippen LogP contribution in [0.25, 0.3) is 11.1 Å². The number of rotatable bonds is 8. The van der Waals surface area contributed by atoms with E-state index >= 15 is 0 Å². The summed E-state index contributed by atoms with van der Waals surface area (Å²) < 4.78 is 6.88. The molecule has 4 rings (SSSR count). The smallest absolute Gasteiger partial charge is 0.259 e.